The fourth-order valence-corrected chi connectivity index (χ4v) is 6.08. The number of hydrogen-bond acceptors (Lipinski definition) is 9. The van der Waals surface area contributed by atoms with Crippen LogP contribution in [0.1, 0.15) is 24.4 Å². The smallest absolute Gasteiger partial charge is 0.259 e. The molecule has 0 radical (unpaired) electrons. The highest BCUT2D eigenvalue weighted by atomic mass is 79.9. The molecular formula is C27H25BrCl2FN5O6. The predicted octanol–water partition coefficient (Wildman–Crippen LogP) is 3.26. The molecule has 5 unspecified atom stereocenters. The van der Waals surface area contributed by atoms with Crippen molar-refractivity contribution < 1.29 is 34.0 Å². The molecule has 3 aromatic rings. The molecule has 2 heterocycles. The van der Waals surface area contributed by atoms with Gasteiger partial charge in [-0.3, -0.25) is 4.79 Å². The number of benzene rings is 2. The van der Waals surface area contributed by atoms with E-state index in [1.54, 1.807) is 12.1 Å². The molecule has 1 aliphatic heterocycles. The summed E-state index contributed by atoms with van der Waals surface area (Å²) in [4.78, 5) is 15.6. The Labute approximate surface area is 258 Å². The van der Waals surface area contributed by atoms with Crippen molar-refractivity contribution in [3.05, 3.63) is 62.4 Å². The van der Waals surface area contributed by atoms with Gasteiger partial charge < -0.3 is 29.7 Å². The Morgan fingerprint density at radius 1 is 1.29 bits per heavy atom. The average molecular weight is 685 g/mol. The van der Waals surface area contributed by atoms with Gasteiger partial charge in [0.25, 0.3) is 5.91 Å². The minimum Gasteiger partial charge on any atom is -0.394 e. The van der Waals surface area contributed by atoms with Gasteiger partial charge in [-0.05, 0) is 43.2 Å². The third-order valence-corrected chi connectivity index (χ3v) is 8.78. The minimum absolute atomic E-state index is 0.0292. The Morgan fingerprint density at radius 3 is 2.64 bits per heavy atom. The molecule has 7 atom stereocenters. The summed E-state index contributed by atoms with van der Waals surface area (Å²) < 4.78 is 27.7. The zero-order valence-electron chi connectivity index (χ0n) is 21.9. The first-order valence-electron chi connectivity index (χ1n) is 12.8. The van der Waals surface area contributed by atoms with Gasteiger partial charge in [-0.25, -0.2) is 9.07 Å². The monoisotopic (exact) mass is 683 g/mol. The van der Waals surface area contributed by atoms with E-state index in [-0.39, 0.29) is 26.9 Å². The maximum absolute atomic E-state index is 14.3. The van der Waals surface area contributed by atoms with Crippen LogP contribution < -0.4 is 4.90 Å². The predicted molar refractivity (Wildman–Crippen MR) is 152 cm³/mol. The van der Waals surface area contributed by atoms with Crippen molar-refractivity contribution in [2.24, 2.45) is 0 Å². The summed E-state index contributed by atoms with van der Waals surface area (Å²) in [6, 6.07) is 7.66. The lowest BCUT2D eigenvalue weighted by Crippen LogP contribution is -2.64. The van der Waals surface area contributed by atoms with Crippen LogP contribution in [-0.2, 0) is 14.3 Å². The summed E-state index contributed by atoms with van der Waals surface area (Å²) in [7, 11) is 1.33. The first-order chi connectivity index (χ1) is 20.1. The number of carbonyl (C=O) groups excluding carboxylic acids is 1. The highest BCUT2D eigenvalue weighted by molar-refractivity contribution is 9.10. The number of halogens is 4. The third-order valence-electron chi connectivity index (χ3n) is 7.54. The van der Waals surface area contributed by atoms with E-state index in [0.29, 0.717) is 23.0 Å². The van der Waals surface area contributed by atoms with Crippen LogP contribution in [0.2, 0.25) is 10.0 Å². The molecule has 15 heteroatoms. The van der Waals surface area contributed by atoms with E-state index in [9.17, 15) is 29.8 Å². The van der Waals surface area contributed by atoms with E-state index < -0.39 is 60.9 Å². The Morgan fingerprint density at radius 2 is 2.05 bits per heavy atom. The van der Waals surface area contributed by atoms with Crippen molar-refractivity contribution in [2.75, 3.05) is 18.6 Å². The number of methoxy groups -OCH3 is 1. The highest BCUT2D eigenvalue weighted by Gasteiger charge is 2.52. The molecule has 0 bridgehead atoms. The number of aliphatic hydroxyl groups excluding tert-OH is 3. The fraction of sp³-hybridized carbons (Fsp3) is 0.407. The molecule has 3 N–H and O–H groups in total. The molecule has 11 nitrogen and oxygen atoms in total. The van der Waals surface area contributed by atoms with Gasteiger partial charge in [-0.1, -0.05) is 44.3 Å². The molecular weight excluding hydrogens is 660 g/mol. The molecule has 2 fully saturated rings. The number of nitriles is 1. The number of aliphatic hydroxyl groups is 3. The SMILES string of the molecule is COC1C(C(=O)N(c2cc(Br)cc(C#N)c2)[C@H]2CC[C@@H]2O)OC(CO)C(O)C1n1cc(-c2cc(F)c(Cl)c(Cl)c2)nn1. The number of hydrogen-bond donors (Lipinski definition) is 3. The number of rotatable bonds is 7. The summed E-state index contributed by atoms with van der Waals surface area (Å²) in [6.45, 7) is -0.640. The normalized spacial score (nSPS) is 27.3. The number of anilines is 1. The lowest BCUT2D eigenvalue weighted by Gasteiger charge is -2.47. The van der Waals surface area contributed by atoms with Crippen molar-refractivity contribution in [1.82, 2.24) is 15.0 Å². The zero-order valence-corrected chi connectivity index (χ0v) is 25.0. The highest BCUT2D eigenvalue weighted by Crippen LogP contribution is 2.38. The van der Waals surface area contributed by atoms with Crippen LogP contribution in [-0.4, -0.2) is 86.5 Å². The van der Waals surface area contributed by atoms with Gasteiger partial charge in [0.2, 0.25) is 0 Å². The summed E-state index contributed by atoms with van der Waals surface area (Å²) in [5.41, 5.74) is 1.10. The van der Waals surface area contributed by atoms with Crippen LogP contribution in [0.4, 0.5) is 10.1 Å². The Hall–Kier alpha value is -2.67. The van der Waals surface area contributed by atoms with E-state index in [1.165, 1.54) is 35.0 Å². The molecule has 2 aromatic carbocycles. The van der Waals surface area contributed by atoms with Crippen molar-refractivity contribution in [3.63, 3.8) is 0 Å². The first-order valence-corrected chi connectivity index (χ1v) is 14.4. The zero-order chi connectivity index (χ0) is 30.3. The van der Waals surface area contributed by atoms with E-state index in [2.05, 4.69) is 32.3 Å². The summed E-state index contributed by atoms with van der Waals surface area (Å²) in [6.07, 6.45) is -3.59. The molecule has 1 aromatic heterocycles. The van der Waals surface area contributed by atoms with E-state index >= 15 is 0 Å². The van der Waals surface area contributed by atoms with Crippen LogP contribution in [0.15, 0.2) is 41.0 Å². The van der Waals surface area contributed by atoms with E-state index in [0.717, 1.165) is 6.07 Å². The standard InChI is InChI=1S/C27H25BrCl2FN5O6/c1-41-25-23(35-10-18(33-34-35)13-6-16(29)22(30)17(31)7-13)24(39)21(11-37)42-26(25)27(40)36(19-2-3-20(19)38)15-5-12(9-32)4-14(28)8-15/h4-8,10,19-21,23-26,37-39H,2-3,11H2,1H3/t19-,20-,21?,23?,24?,25?,26?/m0/s1. The van der Waals surface area contributed by atoms with Gasteiger partial charge in [0.05, 0.1) is 46.6 Å². The summed E-state index contributed by atoms with van der Waals surface area (Å²) >= 11 is 15.2. The second kappa shape index (κ2) is 12.5. The Bertz CT molecular complexity index is 1520. The van der Waals surface area contributed by atoms with Gasteiger partial charge in [0.15, 0.2) is 6.10 Å². The van der Waals surface area contributed by atoms with Gasteiger partial charge in [-0.2, -0.15) is 5.26 Å². The number of ether oxygens (including phenoxy) is 2. The van der Waals surface area contributed by atoms with Gasteiger partial charge in [0.1, 0.15) is 35.9 Å². The number of carbonyl (C=O) groups is 1. The topological polar surface area (TPSA) is 154 Å². The van der Waals surface area contributed by atoms with Crippen molar-refractivity contribution >= 4 is 50.7 Å². The van der Waals surface area contributed by atoms with Crippen LogP contribution in [0, 0.1) is 17.1 Å². The number of nitrogens with zero attached hydrogens (tertiary/aromatic N) is 5. The van der Waals surface area contributed by atoms with E-state index in [4.69, 9.17) is 32.7 Å². The molecule has 0 spiro atoms. The molecule has 222 valence electrons. The number of amides is 1. The van der Waals surface area contributed by atoms with Crippen molar-refractivity contribution in [3.8, 4) is 17.3 Å². The molecule has 1 amide bonds. The lowest BCUT2D eigenvalue weighted by atomic mass is 9.85. The molecule has 1 saturated heterocycles. The summed E-state index contributed by atoms with van der Waals surface area (Å²) in [5.74, 6) is -1.37. The van der Waals surface area contributed by atoms with Crippen LogP contribution >= 0.6 is 39.1 Å². The third kappa shape index (κ3) is 5.66. The fourth-order valence-electron chi connectivity index (χ4n) is 5.28. The molecule has 1 aliphatic carbocycles. The maximum Gasteiger partial charge on any atom is 0.259 e. The second-order valence-corrected chi connectivity index (χ2v) is 11.7. The van der Waals surface area contributed by atoms with Crippen molar-refractivity contribution in [2.45, 2.75) is 55.4 Å². The first kappa shape index (κ1) is 30.8. The quantitative estimate of drug-likeness (QED) is 0.318. The van der Waals surface area contributed by atoms with Crippen LogP contribution in [0.5, 0.6) is 0 Å². The van der Waals surface area contributed by atoms with Gasteiger partial charge in [0, 0.05) is 22.8 Å². The molecule has 1 saturated carbocycles. The second-order valence-electron chi connectivity index (χ2n) is 10.0. The van der Waals surface area contributed by atoms with Gasteiger partial charge in [-0.15, -0.1) is 5.10 Å². The number of aromatic nitrogens is 3. The Kier molecular flexibility index (Phi) is 9.17. The Balaban J connectivity index is 1.54. The minimum atomic E-state index is -1.40. The van der Waals surface area contributed by atoms with Crippen LogP contribution in [0.3, 0.4) is 0 Å². The van der Waals surface area contributed by atoms with Crippen LogP contribution in [0.25, 0.3) is 11.3 Å². The molecule has 42 heavy (non-hydrogen) atoms. The average Bonchev–Trinajstić information content (AvgIpc) is 3.46. The molecule has 5 rings (SSSR count). The van der Waals surface area contributed by atoms with E-state index in [1.807, 2.05) is 0 Å². The maximum atomic E-state index is 14.3. The molecule has 2 aliphatic rings. The largest absolute Gasteiger partial charge is 0.394 e. The lowest BCUT2D eigenvalue weighted by molar-refractivity contribution is -0.211. The summed E-state index contributed by atoms with van der Waals surface area (Å²) in [5, 5.41) is 49.2. The van der Waals surface area contributed by atoms with Crippen molar-refractivity contribution in [1.29, 1.82) is 5.26 Å². The van der Waals surface area contributed by atoms with Gasteiger partial charge >= 0.3 is 0 Å².